The lowest BCUT2D eigenvalue weighted by molar-refractivity contribution is -0.186. The third kappa shape index (κ3) is 3.66. The van der Waals surface area contributed by atoms with E-state index >= 15 is 0 Å². The molecular weight excluding hydrogens is 552 g/mol. The van der Waals surface area contributed by atoms with Crippen LogP contribution in [-0.4, -0.2) is 73.1 Å². The predicted octanol–water partition coefficient (Wildman–Crippen LogP) is 3.78. The topological polar surface area (TPSA) is 96.4 Å². The Morgan fingerprint density at radius 2 is 1.79 bits per heavy atom. The van der Waals surface area contributed by atoms with Gasteiger partial charge in [0.1, 0.15) is 6.10 Å². The van der Waals surface area contributed by atoms with Crippen molar-refractivity contribution in [2.24, 2.45) is 0 Å². The second kappa shape index (κ2) is 9.69. The Hall–Kier alpha value is -3.66. The molecule has 2 aliphatic carbocycles. The SMILES string of the molecule is COc1ccc2c3c1O[C@H]1[C@H](N(C)C(=O)/C=C/c4ccccc4)CC[C@@]4(O)[C@@H](C2)N(S(=O)(=O)c2ccccc2)CC[C@]314. The molecule has 1 amide bonds. The molecule has 2 bridgehead atoms. The first kappa shape index (κ1) is 27.2. The van der Waals surface area contributed by atoms with E-state index < -0.39 is 33.2 Å². The van der Waals surface area contributed by atoms with Crippen LogP contribution in [0.25, 0.3) is 6.08 Å². The van der Waals surface area contributed by atoms with Crippen LogP contribution >= 0.6 is 0 Å². The molecule has 2 fully saturated rings. The summed E-state index contributed by atoms with van der Waals surface area (Å²) in [6, 6.07) is 20.9. The number of ether oxygens (including phenoxy) is 2. The van der Waals surface area contributed by atoms with Gasteiger partial charge >= 0.3 is 0 Å². The standard InChI is InChI=1S/C33H34N2O6S/c1-34(28(36)16-13-22-9-5-3-6-10-22)25-17-18-33(37)27-21-23-14-15-26(40-2)30-29(23)32(33,31(25)41-30)19-20-35(27)42(38,39)24-11-7-4-8-12-24/h3-16,25,27,31,37H,17-21H2,1-2H3/b16-13+/t25-,27-,31+,32+,33-/m1/s1. The molecule has 3 aromatic carbocycles. The minimum atomic E-state index is -3.86. The smallest absolute Gasteiger partial charge is 0.246 e. The summed E-state index contributed by atoms with van der Waals surface area (Å²) in [6.07, 6.45) is 4.33. The zero-order valence-corrected chi connectivity index (χ0v) is 24.5. The van der Waals surface area contributed by atoms with E-state index in [9.17, 15) is 18.3 Å². The van der Waals surface area contributed by atoms with Crippen LogP contribution in [0.15, 0.2) is 83.8 Å². The van der Waals surface area contributed by atoms with Crippen molar-refractivity contribution >= 4 is 22.0 Å². The number of methoxy groups -OCH3 is 1. The Morgan fingerprint density at radius 1 is 1.07 bits per heavy atom. The van der Waals surface area contributed by atoms with Gasteiger partial charge in [-0.15, -0.1) is 0 Å². The number of rotatable bonds is 6. The van der Waals surface area contributed by atoms with E-state index in [1.807, 2.05) is 42.5 Å². The number of carbonyl (C=O) groups is 1. The van der Waals surface area contributed by atoms with Gasteiger partial charge in [0.25, 0.3) is 0 Å². The second-order valence-corrected chi connectivity index (χ2v) is 13.7. The molecule has 8 nitrogen and oxygen atoms in total. The minimum absolute atomic E-state index is 0.158. The summed E-state index contributed by atoms with van der Waals surface area (Å²) >= 11 is 0. The summed E-state index contributed by atoms with van der Waals surface area (Å²) in [5.41, 5.74) is 0.514. The van der Waals surface area contributed by atoms with Crippen LogP contribution < -0.4 is 9.47 Å². The molecule has 1 N–H and O–H groups in total. The number of sulfonamides is 1. The van der Waals surface area contributed by atoms with Crippen molar-refractivity contribution in [3.63, 3.8) is 0 Å². The van der Waals surface area contributed by atoms with Crippen LogP contribution in [-0.2, 0) is 26.7 Å². The molecule has 0 radical (unpaired) electrons. The van der Waals surface area contributed by atoms with Gasteiger partial charge in [-0.05, 0) is 61.1 Å². The Labute approximate surface area is 246 Å². The van der Waals surface area contributed by atoms with Gasteiger partial charge in [-0.3, -0.25) is 4.79 Å². The van der Waals surface area contributed by atoms with E-state index in [-0.39, 0.29) is 23.4 Å². The highest BCUT2D eigenvalue weighted by atomic mass is 32.2. The fraction of sp³-hybridized carbons (Fsp3) is 0.364. The molecule has 0 aromatic heterocycles. The van der Waals surface area contributed by atoms with Crippen LogP contribution in [0.3, 0.4) is 0 Å². The van der Waals surface area contributed by atoms with Gasteiger partial charge in [0.2, 0.25) is 15.9 Å². The molecule has 2 heterocycles. The van der Waals surface area contributed by atoms with Crippen molar-refractivity contribution in [3.8, 4) is 11.5 Å². The molecule has 2 aliphatic heterocycles. The van der Waals surface area contributed by atoms with E-state index in [4.69, 9.17) is 9.47 Å². The van der Waals surface area contributed by atoms with Crippen molar-refractivity contribution in [1.82, 2.24) is 9.21 Å². The minimum Gasteiger partial charge on any atom is -0.493 e. The number of likely N-dealkylation sites (N-methyl/N-ethyl adjacent to an activating group) is 1. The first-order valence-electron chi connectivity index (χ1n) is 14.4. The molecule has 1 saturated carbocycles. The monoisotopic (exact) mass is 586 g/mol. The van der Waals surface area contributed by atoms with E-state index in [1.165, 1.54) is 4.31 Å². The average Bonchev–Trinajstić information content (AvgIpc) is 3.35. The Morgan fingerprint density at radius 3 is 2.50 bits per heavy atom. The molecule has 0 unspecified atom stereocenters. The van der Waals surface area contributed by atoms with Gasteiger partial charge in [0, 0.05) is 25.2 Å². The fourth-order valence-corrected chi connectivity index (χ4v) is 9.74. The van der Waals surface area contributed by atoms with Crippen molar-refractivity contribution < 1.29 is 27.8 Å². The molecule has 7 rings (SSSR count). The molecule has 1 saturated heterocycles. The zero-order chi connectivity index (χ0) is 29.3. The summed E-state index contributed by atoms with van der Waals surface area (Å²) in [4.78, 5) is 15.4. The third-order valence-corrected chi connectivity index (χ3v) is 11.9. The molecule has 42 heavy (non-hydrogen) atoms. The lowest BCUT2D eigenvalue weighted by atomic mass is 9.48. The Kier molecular flexibility index (Phi) is 6.27. The Bertz CT molecular complexity index is 1680. The molecule has 9 heteroatoms. The van der Waals surface area contributed by atoms with Crippen molar-refractivity contribution in [2.75, 3.05) is 20.7 Å². The number of benzene rings is 3. The molecule has 5 atom stereocenters. The molecule has 1 spiro atoms. The number of carbonyl (C=O) groups excluding carboxylic acids is 1. The van der Waals surface area contributed by atoms with E-state index in [2.05, 4.69) is 0 Å². The van der Waals surface area contributed by atoms with E-state index in [0.717, 1.165) is 16.7 Å². The first-order valence-corrected chi connectivity index (χ1v) is 15.8. The van der Waals surface area contributed by atoms with Crippen LogP contribution in [0.5, 0.6) is 11.5 Å². The summed E-state index contributed by atoms with van der Waals surface area (Å²) in [5.74, 6) is 1.02. The molecular formula is C33H34N2O6S. The fourth-order valence-electron chi connectivity index (χ4n) is 8.06. The summed E-state index contributed by atoms with van der Waals surface area (Å²) in [5, 5.41) is 12.8. The van der Waals surface area contributed by atoms with Gasteiger partial charge in [-0.2, -0.15) is 4.31 Å². The van der Waals surface area contributed by atoms with Gasteiger partial charge in [0.05, 0.1) is 35.1 Å². The number of hydrogen-bond donors (Lipinski definition) is 1. The molecule has 4 aliphatic rings. The average molecular weight is 587 g/mol. The maximum Gasteiger partial charge on any atom is 0.246 e. The number of hydrogen-bond acceptors (Lipinski definition) is 6. The maximum atomic E-state index is 14.0. The number of aliphatic hydroxyl groups is 1. The van der Waals surface area contributed by atoms with Crippen LogP contribution in [0, 0.1) is 0 Å². The quantitative estimate of drug-likeness (QED) is 0.442. The van der Waals surface area contributed by atoms with Crippen molar-refractivity contribution in [3.05, 3.63) is 95.6 Å². The molecule has 3 aromatic rings. The van der Waals surface area contributed by atoms with Crippen LogP contribution in [0.4, 0.5) is 0 Å². The highest BCUT2D eigenvalue weighted by Crippen LogP contribution is 2.66. The number of piperidine rings is 1. The van der Waals surface area contributed by atoms with Crippen LogP contribution in [0.2, 0.25) is 0 Å². The van der Waals surface area contributed by atoms with Gasteiger partial charge in [0.15, 0.2) is 11.5 Å². The first-order chi connectivity index (χ1) is 20.2. The molecule has 218 valence electrons. The van der Waals surface area contributed by atoms with Gasteiger partial charge in [-0.25, -0.2) is 8.42 Å². The third-order valence-electron chi connectivity index (χ3n) is 10.00. The summed E-state index contributed by atoms with van der Waals surface area (Å²) in [7, 11) is -0.490. The lowest BCUT2D eigenvalue weighted by Gasteiger charge is -2.64. The number of amides is 1. The zero-order valence-electron chi connectivity index (χ0n) is 23.6. The second-order valence-electron chi connectivity index (χ2n) is 11.8. The number of nitrogens with zero attached hydrogens (tertiary/aromatic N) is 2. The lowest BCUT2D eigenvalue weighted by Crippen LogP contribution is -2.78. The highest BCUT2D eigenvalue weighted by molar-refractivity contribution is 7.89. The largest absolute Gasteiger partial charge is 0.493 e. The van der Waals surface area contributed by atoms with Gasteiger partial charge < -0.3 is 19.5 Å². The Balaban J connectivity index is 1.31. The summed E-state index contributed by atoms with van der Waals surface area (Å²) in [6.45, 7) is 0.235. The van der Waals surface area contributed by atoms with Crippen molar-refractivity contribution in [1.29, 1.82) is 0 Å². The normalized spacial score (nSPS) is 29.5. The van der Waals surface area contributed by atoms with E-state index in [0.29, 0.717) is 37.2 Å². The van der Waals surface area contributed by atoms with Gasteiger partial charge in [-0.1, -0.05) is 54.6 Å². The van der Waals surface area contributed by atoms with Crippen LogP contribution in [0.1, 0.15) is 36.0 Å². The summed E-state index contributed by atoms with van der Waals surface area (Å²) < 4.78 is 41.9. The van der Waals surface area contributed by atoms with Crippen molar-refractivity contribution in [2.45, 2.75) is 59.8 Å². The highest BCUT2D eigenvalue weighted by Gasteiger charge is 2.74. The van der Waals surface area contributed by atoms with E-state index in [1.54, 1.807) is 61.5 Å². The maximum absolute atomic E-state index is 14.0. The predicted molar refractivity (Wildman–Crippen MR) is 158 cm³/mol.